The first-order valence-corrected chi connectivity index (χ1v) is 13.4. The minimum Gasteiger partial charge on any atom is -0.277 e. The molecule has 1 N–H and O–H groups in total. The van der Waals surface area contributed by atoms with Crippen molar-refractivity contribution in [3.8, 4) is 11.3 Å². The van der Waals surface area contributed by atoms with Crippen LogP contribution in [0.2, 0.25) is 0 Å². The fourth-order valence-corrected chi connectivity index (χ4v) is 6.12. The lowest BCUT2D eigenvalue weighted by molar-refractivity contribution is 0.283. The van der Waals surface area contributed by atoms with Crippen LogP contribution in [-0.2, 0) is 24.8 Å². The van der Waals surface area contributed by atoms with E-state index in [0.717, 1.165) is 60.9 Å². The van der Waals surface area contributed by atoms with Crippen molar-refractivity contribution in [2.24, 2.45) is 5.10 Å². The van der Waals surface area contributed by atoms with Crippen LogP contribution in [0.1, 0.15) is 54.4 Å². The third-order valence-electron chi connectivity index (χ3n) is 7.96. The van der Waals surface area contributed by atoms with Gasteiger partial charge in [0.25, 0.3) is 5.56 Å². The first-order valence-electron chi connectivity index (χ1n) is 13.4. The highest BCUT2D eigenvalue weighted by molar-refractivity contribution is 5.80. The maximum Gasteiger partial charge on any atom is 0.259 e. The minimum absolute atomic E-state index is 0.0785. The summed E-state index contributed by atoms with van der Waals surface area (Å²) in [5.74, 6) is 0.495. The first kappa shape index (κ1) is 23.4. The Morgan fingerprint density at radius 1 is 0.892 bits per heavy atom. The van der Waals surface area contributed by atoms with Crippen molar-refractivity contribution >= 4 is 12.2 Å². The Balaban J connectivity index is 1.47. The molecule has 5 nitrogen and oxygen atoms in total. The van der Waals surface area contributed by atoms with Gasteiger partial charge in [-0.1, -0.05) is 104 Å². The molecule has 0 radical (unpaired) electrons. The van der Waals surface area contributed by atoms with Crippen molar-refractivity contribution in [2.75, 3.05) is 5.43 Å². The van der Waals surface area contributed by atoms with Gasteiger partial charge < -0.3 is 0 Å². The van der Waals surface area contributed by atoms with Crippen LogP contribution in [0.5, 0.6) is 0 Å². The molecule has 5 heteroatoms. The van der Waals surface area contributed by atoms with Crippen molar-refractivity contribution in [2.45, 2.75) is 56.9 Å². The van der Waals surface area contributed by atoms with E-state index in [9.17, 15) is 4.79 Å². The molecule has 2 aliphatic carbocycles. The molecule has 1 heterocycles. The van der Waals surface area contributed by atoms with Crippen LogP contribution in [0.25, 0.3) is 11.3 Å². The lowest BCUT2D eigenvalue weighted by atomic mass is 9.62. The Morgan fingerprint density at radius 3 is 2.38 bits per heavy atom. The predicted molar refractivity (Wildman–Crippen MR) is 150 cm³/mol. The Labute approximate surface area is 217 Å². The van der Waals surface area contributed by atoms with Crippen molar-refractivity contribution < 1.29 is 0 Å². The van der Waals surface area contributed by atoms with Gasteiger partial charge in [0.05, 0.1) is 17.5 Å². The number of nitrogens with one attached hydrogen (secondary N) is 1. The molecule has 1 saturated carbocycles. The van der Waals surface area contributed by atoms with Crippen LogP contribution in [0.15, 0.2) is 94.8 Å². The van der Waals surface area contributed by atoms with Crippen LogP contribution in [0.4, 0.5) is 5.95 Å². The zero-order chi connectivity index (χ0) is 25.1. The predicted octanol–water partition coefficient (Wildman–Crippen LogP) is 6.36. The van der Waals surface area contributed by atoms with Gasteiger partial charge in [-0.3, -0.25) is 9.36 Å². The van der Waals surface area contributed by atoms with Crippen LogP contribution in [-0.4, -0.2) is 15.8 Å². The van der Waals surface area contributed by atoms with Gasteiger partial charge in [0, 0.05) is 17.5 Å². The summed E-state index contributed by atoms with van der Waals surface area (Å²) in [6.45, 7) is 0.546. The molecule has 0 bridgehead atoms. The molecule has 0 atom stereocenters. The second kappa shape index (κ2) is 10.2. The van der Waals surface area contributed by atoms with E-state index in [1.54, 1.807) is 6.21 Å². The number of anilines is 1. The van der Waals surface area contributed by atoms with Crippen molar-refractivity contribution in [3.63, 3.8) is 0 Å². The summed E-state index contributed by atoms with van der Waals surface area (Å²) in [5.41, 5.74) is 9.38. The fourth-order valence-electron chi connectivity index (χ4n) is 6.12. The Bertz CT molecular complexity index is 1470. The third-order valence-corrected chi connectivity index (χ3v) is 7.96. The van der Waals surface area contributed by atoms with E-state index in [1.807, 2.05) is 59.2 Å². The number of fused-ring (bicyclic) bond motifs is 4. The number of benzene rings is 3. The fraction of sp³-hybridized carbons (Fsp3) is 0.281. The van der Waals surface area contributed by atoms with E-state index in [1.165, 1.54) is 17.5 Å². The molecular formula is C32H32N4O. The Morgan fingerprint density at radius 2 is 1.59 bits per heavy atom. The second-order valence-electron chi connectivity index (χ2n) is 10.3. The topological polar surface area (TPSA) is 59.3 Å². The largest absolute Gasteiger partial charge is 0.277 e. The maximum atomic E-state index is 14.4. The Kier molecular flexibility index (Phi) is 6.44. The molecule has 3 aromatic carbocycles. The molecule has 0 amide bonds. The quantitative estimate of drug-likeness (QED) is 0.254. The summed E-state index contributed by atoms with van der Waals surface area (Å²) in [6, 6.07) is 28.7. The summed E-state index contributed by atoms with van der Waals surface area (Å²) in [5, 5.41) is 4.48. The second-order valence-corrected chi connectivity index (χ2v) is 10.3. The summed E-state index contributed by atoms with van der Waals surface area (Å²) in [4.78, 5) is 19.5. The van der Waals surface area contributed by atoms with Gasteiger partial charge >= 0.3 is 0 Å². The number of hydrogen-bond acceptors (Lipinski definition) is 4. The van der Waals surface area contributed by atoms with Crippen molar-refractivity contribution in [3.05, 3.63) is 118 Å². The summed E-state index contributed by atoms with van der Waals surface area (Å²) >= 11 is 0. The lowest BCUT2D eigenvalue weighted by Crippen LogP contribution is -2.43. The van der Waals surface area contributed by atoms with Crippen molar-refractivity contribution in [1.82, 2.24) is 9.55 Å². The molecule has 1 spiro atoms. The van der Waals surface area contributed by atoms with Gasteiger partial charge in [-0.25, -0.2) is 10.4 Å². The summed E-state index contributed by atoms with van der Waals surface area (Å²) in [6.07, 6.45) is 9.09. The van der Waals surface area contributed by atoms with Gasteiger partial charge in [0.2, 0.25) is 5.95 Å². The zero-order valence-electron chi connectivity index (χ0n) is 21.1. The van der Waals surface area contributed by atoms with Gasteiger partial charge in [-0.05, 0) is 42.4 Å². The molecule has 4 aromatic rings. The zero-order valence-corrected chi connectivity index (χ0v) is 21.1. The number of hydrazone groups is 1. The lowest BCUT2D eigenvalue weighted by Gasteiger charge is -2.42. The molecule has 2 aliphatic rings. The number of nitrogens with zero attached hydrogens (tertiary/aromatic N) is 3. The first-order chi connectivity index (χ1) is 18.2. The molecular weight excluding hydrogens is 456 g/mol. The van der Waals surface area contributed by atoms with Crippen LogP contribution in [0, 0.1) is 0 Å². The van der Waals surface area contributed by atoms with Gasteiger partial charge in [-0.2, -0.15) is 5.10 Å². The molecule has 0 saturated heterocycles. The summed E-state index contributed by atoms with van der Waals surface area (Å²) in [7, 11) is 0. The number of rotatable bonds is 6. The van der Waals surface area contributed by atoms with E-state index in [2.05, 4.69) is 40.9 Å². The molecule has 0 aliphatic heterocycles. The van der Waals surface area contributed by atoms with Gasteiger partial charge in [0.1, 0.15) is 0 Å². The third kappa shape index (κ3) is 4.62. The molecule has 6 rings (SSSR count). The average Bonchev–Trinajstić information content (AvgIpc) is 2.94. The molecule has 186 valence electrons. The van der Waals surface area contributed by atoms with E-state index in [-0.39, 0.29) is 11.0 Å². The molecule has 0 unspecified atom stereocenters. The molecule has 37 heavy (non-hydrogen) atoms. The van der Waals surface area contributed by atoms with Crippen LogP contribution in [0.3, 0.4) is 0 Å². The SMILES string of the molecule is O=c1c2c(nc(N/N=C/c3ccccc3)n1CCc1ccccc1)-c1ccccc1CC21CCCCC1. The highest BCUT2D eigenvalue weighted by Crippen LogP contribution is 2.48. The average molecular weight is 489 g/mol. The molecule has 1 aromatic heterocycles. The van der Waals surface area contributed by atoms with E-state index < -0.39 is 0 Å². The standard InChI is InChI=1S/C32H32N4O/c37-30-28-29(27-17-9-8-16-26(27)22-32(28)19-10-3-11-20-32)34-31(35-33-23-25-14-6-2-7-15-25)36(30)21-18-24-12-4-1-5-13-24/h1-2,4-9,12-17,23H,3,10-11,18-22H2,(H,34,35)/b33-23+. The van der Waals surface area contributed by atoms with Gasteiger partial charge in [0.15, 0.2) is 0 Å². The van der Waals surface area contributed by atoms with E-state index in [0.29, 0.717) is 12.5 Å². The van der Waals surface area contributed by atoms with E-state index in [4.69, 9.17) is 4.98 Å². The highest BCUT2D eigenvalue weighted by Gasteiger charge is 2.43. The van der Waals surface area contributed by atoms with Gasteiger partial charge in [-0.15, -0.1) is 0 Å². The number of aromatic nitrogens is 2. The normalized spacial score (nSPS) is 15.9. The monoisotopic (exact) mass is 488 g/mol. The number of aryl methyl sites for hydroxylation is 1. The Hall–Kier alpha value is -3.99. The summed E-state index contributed by atoms with van der Waals surface area (Å²) < 4.78 is 1.82. The maximum absolute atomic E-state index is 14.4. The van der Waals surface area contributed by atoms with E-state index >= 15 is 0 Å². The molecule has 1 fully saturated rings. The smallest absolute Gasteiger partial charge is 0.259 e. The van der Waals surface area contributed by atoms with Crippen LogP contribution < -0.4 is 11.0 Å². The van der Waals surface area contributed by atoms with Crippen LogP contribution >= 0.6 is 0 Å². The highest BCUT2D eigenvalue weighted by atomic mass is 16.1. The van der Waals surface area contributed by atoms with Crippen molar-refractivity contribution in [1.29, 1.82) is 0 Å². The minimum atomic E-state index is -0.133. The number of hydrogen-bond donors (Lipinski definition) is 1.